The Morgan fingerprint density at radius 1 is 1.37 bits per heavy atom. The number of ether oxygens (including phenoxy) is 1. The molecule has 0 aliphatic carbocycles. The van der Waals surface area contributed by atoms with Crippen LogP contribution in [-0.2, 0) is 16.0 Å². The van der Waals surface area contributed by atoms with E-state index in [9.17, 15) is 4.79 Å². The number of methoxy groups -OCH3 is 1. The summed E-state index contributed by atoms with van der Waals surface area (Å²) in [6, 6.07) is 8.99. The number of aryl methyl sites for hydroxylation is 1. The molecule has 19 heavy (non-hydrogen) atoms. The summed E-state index contributed by atoms with van der Waals surface area (Å²) in [6.45, 7) is 2.19. The number of carbonyl (C=O) groups is 1. The highest BCUT2D eigenvalue weighted by atomic mass is 32.2. The molecule has 1 aromatic rings. The molecule has 0 heterocycles. The lowest BCUT2D eigenvalue weighted by atomic mass is 10.0. The Kier molecular flexibility index (Phi) is 7.60. The maximum atomic E-state index is 11.1. The van der Waals surface area contributed by atoms with Gasteiger partial charge in [-0.15, -0.1) is 11.8 Å². The maximum Gasteiger partial charge on any atom is 0.315 e. The second kappa shape index (κ2) is 8.99. The Morgan fingerprint density at radius 2 is 2.05 bits per heavy atom. The van der Waals surface area contributed by atoms with Gasteiger partial charge in [-0.2, -0.15) is 0 Å². The second-order valence-electron chi connectivity index (χ2n) is 4.42. The van der Waals surface area contributed by atoms with Crippen LogP contribution in [0.2, 0.25) is 0 Å². The zero-order valence-corrected chi connectivity index (χ0v) is 12.8. The molecule has 0 aliphatic heterocycles. The second-order valence-corrected chi connectivity index (χ2v) is 5.45. The van der Waals surface area contributed by atoms with E-state index in [2.05, 4.69) is 41.2 Å². The van der Waals surface area contributed by atoms with E-state index in [0.29, 0.717) is 5.75 Å². The van der Waals surface area contributed by atoms with Crippen LogP contribution in [0, 0.1) is 0 Å². The van der Waals surface area contributed by atoms with Crippen molar-refractivity contribution in [2.24, 2.45) is 0 Å². The van der Waals surface area contributed by atoms with Crippen LogP contribution in [0.15, 0.2) is 24.3 Å². The fourth-order valence-corrected chi connectivity index (χ4v) is 2.87. The van der Waals surface area contributed by atoms with Crippen LogP contribution in [0.4, 0.5) is 0 Å². The molecule has 0 aliphatic rings. The van der Waals surface area contributed by atoms with Crippen molar-refractivity contribution in [1.82, 2.24) is 5.32 Å². The maximum absolute atomic E-state index is 11.1. The van der Waals surface area contributed by atoms with Gasteiger partial charge >= 0.3 is 5.97 Å². The first kappa shape index (κ1) is 16.1. The van der Waals surface area contributed by atoms with Crippen molar-refractivity contribution in [2.75, 3.05) is 25.7 Å². The number of hydrogen-bond donors (Lipinski definition) is 1. The van der Waals surface area contributed by atoms with Gasteiger partial charge in [-0.1, -0.05) is 37.6 Å². The molecule has 0 amide bonds. The first-order valence-corrected chi connectivity index (χ1v) is 7.77. The summed E-state index contributed by atoms with van der Waals surface area (Å²) in [5.74, 6) is 1.10. The van der Waals surface area contributed by atoms with Crippen LogP contribution >= 0.6 is 11.8 Å². The Bertz CT molecular complexity index is 378. The molecular formula is C15H23NO2S. The van der Waals surface area contributed by atoms with Gasteiger partial charge in [0.05, 0.1) is 12.9 Å². The number of thioether (sulfide) groups is 1. The highest BCUT2D eigenvalue weighted by molar-refractivity contribution is 7.99. The van der Waals surface area contributed by atoms with Gasteiger partial charge in [0, 0.05) is 11.8 Å². The number of rotatable bonds is 8. The molecule has 0 saturated carbocycles. The molecule has 1 unspecified atom stereocenters. The molecule has 0 fully saturated rings. The third kappa shape index (κ3) is 5.66. The molecule has 1 rings (SSSR count). The molecule has 1 aromatic carbocycles. The van der Waals surface area contributed by atoms with Gasteiger partial charge in [0.25, 0.3) is 0 Å². The van der Waals surface area contributed by atoms with Crippen molar-refractivity contribution in [3.8, 4) is 0 Å². The van der Waals surface area contributed by atoms with E-state index >= 15 is 0 Å². The Balaban J connectivity index is 2.51. The van der Waals surface area contributed by atoms with E-state index in [1.165, 1.54) is 24.7 Å². The third-order valence-electron chi connectivity index (χ3n) is 3.00. The summed E-state index contributed by atoms with van der Waals surface area (Å²) in [5, 5.41) is 3.29. The molecule has 0 radical (unpaired) electrons. The summed E-state index contributed by atoms with van der Waals surface area (Å²) < 4.78 is 4.63. The fourth-order valence-electron chi connectivity index (χ4n) is 1.87. The predicted octanol–water partition coefficient (Wildman–Crippen LogP) is 2.81. The number of nitrogens with one attached hydrogen (secondary N) is 1. The van der Waals surface area contributed by atoms with Gasteiger partial charge in [0.2, 0.25) is 0 Å². The van der Waals surface area contributed by atoms with Crippen LogP contribution in [-0.4, -0.2) is 31.6 Å². The molecular weight excluding hydrogens is 258 g/mol. The van der Waals surface area contributed by atoms with Crippen LogP contribution in [0.25, 0.3) is 0 Å². The zero-order chi connectivity index (χ0) is 14.1. The highest BCUT2D eigenvalue weighted by Gasteiger charge is 2.10. The third-order valence-corrected chi connectivity index (χ3v) is 4.01. The first-order valence-electron chi connectivity index (χ1n) is 6.62. The zero-order valence-electron chi connectivity index (χ0n) is 11.9. The number of carbonyl (C=O) groups excluding carboxylic acids is 1. The first-order chi connectivity index (χ1) is 9.21. The molecule has 4 heteroatoms. The predicted molar refractivity (Wildman–Crippen MR) is 81.6 cm³/mol. The van der Waals surface area contributed by atoms with E-state index in [-0.39, 0.29) is 12.0 Å². The Hall–Kier alpha value is -1.00. The lowest BCUT2D eigenvalue weighted by molar-refractivity contribution is -0.137. The van der Waals surface area contributed by atoms with E-state index in [4.69, 9.17) is 0 Å². The summed E-state index contributed by atoms with van der Waals surface area (Å²) in [4.78, 5) is 11.1. The minimum Gasteiger partial charge on any atom is -0.468 e. The number of esters is 1. The van der Waals surface area contributed by atoms with Gasteiger partial charge in [0.15, 0.2) is 0 Å². The lowest BCUT2D eigenvalue weighted by Gasteiger charge is -2.16. The molecule has 1 atom stereocenters. The van der Waals surface area contributed by atoms with Crippen molar-refractivity contribution in [3.05, 3.63) is 35.4 Å². The average molecular weight is 281 g/mol. The minimum atomic E-state index is -0.168. The monoisotopic (exact) mass is 281 g/mol. The fraction of sp³-hybridized carbons (Fsp3) is 0.533. The van der Waals surface area contributed by atoms with Crippen LogP contribution in [0.5, 0.6) is 0 Å². The SMILES string of the molecule is CCCc1ccc(C(CSCC(=O)OC)NC)cc1. The Labute approximate surface area is 120 Å². The van der Waals surface area contributed by atoms with Crippen molar-refractivity contribution in [3.63, 3.8) is 0 Å². The topological polar surface area (TPSA) is 38.3 Å². The smallest absolute Gasteiger partial charge is 0.315 e. The molecule has 3 nitrogen and oxygen atoms in total. The molecule has 106 valence electrons. The summed E-state index contributed by atoms with van der Waals surface area (Å²) in [7, 11) is 3.37. The van der Waals surface area contributed by atoms with Crippen molar-refractivity contribution < 1.29 is 9.53 Å². The molecule has 0 spiro atoms. The van der Waals surface area contributed by atoms with Gasteiger partial charge in [-0.05, 0) is 24.6 Å². The average Bonchev–Trinajstić information content (AvgIpc) is 2.45. The lowest BCUT2D eigenvalue weighted by Crippen LogP contribution is -2.19. The van der Waals surface area contributed by atoms with E-state index < -0.39 is 0 Å². The Morgan fingerprint density at radius 3 is 2.58 bits per heavy atom. The van der Waals surface area contributed by atoms with Crippen molar-refractivity contribution in [2.45, 2.75) is 25.8 Å². The standard InChI is InChI=1S/C15H23NO2S/c1-4-5-12-6-8-13(9-7-12)14(16-2)10-19-11-15(17)18-3/h6-9,14,16H,4-5,10-11H2,1-3H3. The van der Waals surface area contributed by atoms with Crippen LogP contribution in [0.1, 0.15) is 30.5 Å². The van der Waals surface area contributed by atoms with E-state index in [1.807, 2.05) is 7.05 Å². The van der Waals surface area contributed by atoms with Crippen LogP contribution in [0.3, 0.4) is 0 Å². The van der Waals surface area contributed by atoms with Gasteiger partial charge < -0.3 is 10.1 Å². The molecule has 0 aromatic heterocycles. The summed E-state index contributed by atoms with van der Waals surface area (Å²) in [6.07, 6.45) is 2.30. The van der Waals surface area contributed by atoms with Gasteiger partial charge in [-0.25, -0.2) is 0 Å². The summed E-state index contributed by atoms with van der Waals surface area (Å²) >= 11 is 1.59. The largest absolute Gasteiger partial charge is 0.468 e. The molecule has 1 N–H and O–H groups in total. The minimum absolute atomic E-state index is 0.168. The van der Waals surface area contributed by atoms with Crippen molar-refractivity contribution >= 4 is 17.7 Å². The van der Waals surface area contributed by atoms with E-state index in [1.54, 1.807) is 11.8 Å². The van der Waals surface area contributed by atoms with E-state index in [0.717, 1.165) is 12.2 Å². The van der Waals surface area contributed by atoms with Crippen LogP contribution < -0.4 is 5.32 Å². The molecule has 0 bridgehead atoms. The number of benzene rings is 1. The summed E-state index contributed by atoms with van der Waals surface area (Å²) in [5.41, 5.74) is 2.64. The highest BCUT2D eigenvalue weighted by Crippen LogP contribution is 2.19. The van der Waals surface area contributed by atoms with Crippen molar-refractivity contribution in [1.29, 1.82) is 0 Å². The molecule has 0 saturated heterocycles. The number of hydrogen-bond acceptors (Lipinski definition) is 4. The quantitative estimate of drug-likeness (QED) is 0.744. The normalized spacial score (nSPS) is 12.2. The van der Waals surface area contributed by atoms with Gasteiger partial charge in [-0.3, -0.25) is 4.79 Å². The van der Waals surface area contributed by atoms with Gasteiger partial charge in [0.1, 0.15) is 0 Å².